The van der Waals surface area contributed by atoms with E-state index in [2.05, 4.69) is 5.32 Å². The molecule has 1 N–H and O–H groups in total. The highest BCUT2D eigenvalue weighted by Gasteiger charge is 2.35. The maximum atomic E-state index is 14.4. The fraction of sp³-hybridized carbons (Fsp3) is 0.394. The molecule has 0 aliphatic heterocycles. The Kier molecular flexibility index (Phi) is 12.0. The Morgan fingerprint density at radius 1 is 0.933 bits per heavy atom. The lowest BCUT2D eigenvalue weighted by molar-refractivity contribution is -0.140. The first-order valence-corrected chi connectivity index (χ1v) is 17.1. The molecule has 2 amide bonds. The van der Waals surface area contributed by atoms with Crippen molar-refractivity contribution in [2.75, 3.05) is 25.1 Å². The highest BCUT2D eigenvalue weighted by molar-refractivity contribution is 7.92. The number of carbonyl (C=O) groups excluding carboxylic acids is 2. The van der Waals surface area contributed by atoms with Crippen molar-refractivity contribution in [2.45, 2.75) is 69.0 Å². The molecule has 3 aromatic rings. The number of nitrogens with zero attached hydrogens (tertiary/aromatic N) is 2. The van der Waals surface area contributed by atoms with Crippen molar-refractivity contribution in [3.8, 4) is 11.5 Å². The summed E-state index contributed by atoms with van der Waals surface area (Å²) in [4.78, 5) is 29.6. The van der Waals surface area contributed by atoms with Gasteiger partial charge in [0.05, 0.1) is 34.8 Å². The third-order valence-electron chi connectivity index (χ3n) is 7.94. The zero-order valence-corrected chi connectivity index (χ0v) is 28.0. The van der Waals surface area contributed by atoms with Gasteiger partial charge in [-0.15, -0.1) is 0 Å². The second kappa shape index (κ2) is 15.7. The first-order chi connectivity index (χ1) is 21.6. The number of rotatable bonds is 13. The van der Waals surface area contributed by atoms with Gasteiger partial charge in [-0.25, -0.2) is 8.42 Å². The summed E-state index contributed by atoms with van der Waals surface area (Å²) in [5.74, 6) is -0.274. The van der Waals surface area contributed by atoms with Crippen LogP contribution in [0.4, 0.5) is 5.69 Å². The zero-order valence-electron chi connectivity index (χ0n) is 25.7. The van der Waals surface area contributed by atoms with Crippen molar-refractivity contribution in [3.05, 3.63) is 82.3 Å². The minimum atomic E-state index is -4.29. The normalized spacial score (nSPS) is 14.3. The molecule has 0 aromatic heterocycles. The first kappa shape index (κ1) is 34.4. The monoisotopic (exact) mass is 675 g/mol. The number of nitrogens with one attached hydrogen (secondary N) is 1. The standard InChI is InChI=1S/C33H39Cl2N3O6S/c1-4-29(33(40)36-24-11-7-5-8-12-24)37(21-23-15-17-27(34)28(35)19-23)32(39)22-38(45(41,42)26-13-9-6-10-14-26)30-20-25(43-2)16-18-31(30)44-3/h6,9-10,13-20,24,29H,4-5,7-8,11-12,21-22H2,1-3H3,(H,36,40)/t29-/m1/s1. The fourth-order valence-electron chi connectivity index (χ4n) is 5.52. The molecule has 0 spiro atoms. The van der Waals surface area contributed by atoms with Gasteiger partial charge in [-0.3, -0.25) is 13.9 Å². The predicted molar refractivity (Wildman–Crippen MR) is 177 cm³/mol. The van der Waals surface area contributed by atoms with Crippen molar-refractivity contribution >= 4 is 50.7 Å². The molecule has 4 rings (SSSR count). The molecule has 0 radical (unpaired) electrons. The summed E-state index contributed by atoms with van der Waals surface area (Å²) in [6.45, 7) is 1.21. The van der Waals surface area contributed by atoms with E-state index >= 15 is 0 Å². The second-order valence-electron chi connectivity index (χ2n) is 10.9. The van der Waals surface area contributed by atoms with Gasteiger partial charge >= 0.3 is 0 Å². The van der Waals surface area contributed by atoms with Crippen molar-refractivity contribution in [3.63, 3.8) is 0 Å². The quantitative estimate of drug-likeness (QED) is 0.223. The van der Waals surface area contributed by atoms with Gasteiger partial charge < -0.3 is 19.7 Å². The van der Waals surface area contributed by atoms with E-state index in [1.54, 1.807) is 48.5 Å². The molecule has 0 heterocycles. The Bertz CT molecular complexity index is 1580. The van der Waals surface area contributed by atoms with E-state index in [0.29, 0.717) is 27.8 Å². The van der Waals surface area contributed by atoms with E-state index in [9.17, 15) is 18.0 Å². The van der Waals surface area contributed by atoms with Crippen LogP contribution >= 0.6 is 23.2 Å². The minimum absolute atomic E-state index is 0.000780. The molecular weight excluding hydrogens is 637 g/mol. The lowest BCUT2D eigenvalue weighted by atomic mass is 9.95. The third kappa shape index (κ3) is 8.42. The minimum Gasteiger partial charge on any atom is -0.497 e. The van der Waals surface area contributed by atoms with Gasteiger partial charge in [0.15, 0.2) is 0 Å². The maximum Gasteiger partial charge on any atom is 0.264 e. The molecule has 0 bridgehead atoms. The summed E-state index contributed by atoms with van der Waals surface area (Å²) < 4.78 is 40.3. The molecule has 1 aliphatic carbocycles. The Hall–Kier alpha value is -3.47. The number of hydrogen-bond donors (Lipinski definition) is 1. The van der Waals surface area contributed by atoms with Crippen LogP contribution in [0.15, 0.2) is 71.6 Å². The van der Waals surface area contributed by atoms with Crippen LogP contribution in [0.25, 0.3) is 0 Å². The molecule has 242 valence electrons. The largest absolute Gasteiger partial charge is 0.497 e. The first-order valence-electron chi connectivity index (χ1n) is 14.9. The van der Waals surface area contributed by atoms with Gasteiger partial charge in [0.25, 0.3) is 10.0 Å². The summed E-state index contributed by atoms with van der Waals surface area (Å²) in [6.07, 6.45) is 5.25. The van der Waals surface area contributed by atoms with Crippen LogP contribution in [0.5, 0.6) is 11.5 Å². The molecule has 1 fully saturated rings. The van der Waals surface area contributed by atoms with E-state index in [4.69, 9.17) is 32.7 Å². The van der Waals surface area contributed by atoms with E-state index in [1.807, 2.05) is 6.92 Å². The molecule has 1 saturated carbocycles. The van der Waals surface area contributed by atoms with Crippen LogP contribution in [0.3, 0.4) is 0 Å². The summed E-state index contributed by atoms with van der Waals surface area (Å²) in [7, 11) is -1.41. The van der Waals surface area contributed by atoms with Crippen LogP contribution in [-0.2, 0) is 26.2 Å². The third-order valence-corrected chi connectivity index (χ3v) is 10.5. The molecule has 9 nitrogen and oxygen atoms in total. The van der Waals surface area contributed by atoms with Gasteiger partial charge in [0, 0.05) is 18.7 Å². The average Bonchev–Trinajstić information content (AvgIpc) is 3.05. The highest BCUT2D eigenvalue weighted by atomic mass is 35.5. The SMILES string of the molecule is CC[C@H](C(=O)NC1CCCCC1)N(Cc1ccc(Cl)c(Cl)c1)C(=O)CN(c1cc(OC)ccc1OC)S(=O)(=O)c1ccccc1. The van der Waals surface area contributed by atoms with Gasteiger partial charge in [-0.05, 0) is 61.2 Å². The molecular formula is C33H39Cl2N3O6S. The van der Waals surface area contributed by atoms with Crippen LogP contribution in [-0.4, -0.2) is 58.0 Å². The second-order valence-corrected chi connectivity index (χ2v) is 13.6. The van der Waals surface area contributed by atoms with E-state index < -0.39 is 28.5 Å². The van der Waals surface area contributed by atoms with Crippen molar-refractivity contribution < 1.29 is 27.5 Å². The number of amides is 2. The number of sulfonamides is 1. The number of halogens is 2. The molecule has 0 saturated heterocycles. The van der Waals surface area contributed by atoms with Crippen LogP contribution in [0, 0.1) is 0 Å². The molecule has 1 atom stereocenters. The maximum absolute atomic E-state index is 14.4. The smallest absolute Gasteiger partial charge is 0.264 e. The Morgan fingerprint density at radius 2 is 1.64 bits per heavy atom. The summed E-state index contributed by atoms with van der Waals surface area (Å²) in [6, 6.07) is 16.7. The number of carbonyl (C=O) groups is 2. The van der Waals surface area contributed by atoms with Crippen LogP contribution in [0.2, 0.25) is 10.0 Å². The van der Waals surface area contributed by atoms with E-state index in [0.717, 1.165) is 36.4 Å². The molecule has 1 aliphatic rings. The van der Waals surface area contributed by atoms with Gasteiger partial charge in [0.2, 0.25) is 11.8 Å². The molecule has 12 heteroatoms. The topological polar surface area (TPSA) is 105 Å². The lowest BCUT2D eigenvalue weighted by Gasteiger charge is -2.34. The predicted octanol–water partition coefficient (Wildman–Crippen LogP) is 6.46. The van der Waals surface area contributed by atoms with Gasteiger partial charge in [0.1, 0.15) is 24.1 Å². The number of anilines is 1. The summed E-state index contributed by atoms with van der Waals surface area (Å²) >= 11 is 12.5. The molecule has 0 unspecified atom stereocenters. The summed E-state index contributed by atoms with van der Waals surface area (Å²) in [5, 5.41) is 3.79. The lowest BCUT2D eigenvalue weighted by Crippen LogP contribution is -2.54. The molecule has 45 heavy (non-hydrogen) atoms. The molecule has 3 aromatic carbocycles. The number of methoxy groups -OCH3 is 2. The number of benzene rings is 3. The number of ether oxygens (including phenoxy) is 2. The Labute approximate surface area is 275 Å². The highest BCUT2D eigenvalue weighted by Crippen LogP contribution is 2.36. The number of hydrogen-bond acceptors (Lipinski definition) is 6. The van der Waals surface area contributed by atoms with Crippen LogP contribution < -0.4 is 19.1 Å². The average molecular weight is 677 g/mol. The van der Waals surface area contributed by atoms with Crippen molar-refractivity contribution in [2.24, 2.45) is 0 Å². The van der Waals surface area contributed by atoms with E-state index in [-0.39, 0.29) is 34.8 Å². The van der Waals surface area contributed by atoms with Gasteiger partial charge in [-0.1, -0.05) is 73.7 Å². The van der Waals surface area contributed by atoms with E-state index in [1.165, 1.54) is 37.3 Å². The van der Waals surface area contributed by atoms with Crippen molar-refractivity contribution in [1.82, 2.24) is 10.2 Å². The summed E-state index contributed by atoms with van der Waals surface area (Å²) in [5.41, 5.74) is 0.751. The zero-order chi connectivity index (χ0) is 32.6. The Balaban J connectivity index is 1.77. The fourth-order valence-corrected chi connectivity index (χ4v) is 7.28. The Morgan fingerprint density at radius 3 is 2.27 bits per heavy atom. The van der Waals surface area contributed by atoms with Crippen molar-refractivity contribution in [1.29, 1.82) is 0 Å². The van der Waals surface area contributed by atoms with Crippen LogP contribution in [0.1, 0.15) is 51.0 Å². The van der Waals surface area contributed by atoms with Gasteiger partial charge in [-0.2, -0.15) is 0 Å².